The number of nitrogens with one attached hydrogen (secondary N) is 1. The Bertz CT molecular complexity index is 731. The van der Waals surface area contributed by atoms with Crippen molar-refractivity contribution in [3.8, 4) is 5.75 Å². The number of rotatable bonds is 5. The molecule has 2 aromatic rings. The highest BCUT2D eigenvalue weighted by molar-refractivity contribution is 6.30. The first-order valence-electron chi connectivity index (χ1n) is 8.74. The molecule has 1 fully saturated rings. The second-order valence-corrected chi connectivity index (χ2v) is 7.28. The van der Waals surface area contributed by atoms with Crippen LogP contribution in [0.5, 0.6) is 5.75 Å². The van der Waals surface area contributed by atoms with Crippen LogP contribution in [0.4, 0.5) is 0 Å². The Kier molecular flexibility index (Phi) is 5.63. The molecule has 1 aliphatic carbocycles. The van der Waals surface area contributed by atoms with Gasteiger partial charge in [-0.3, -0.25) is 4.79 Å². The summed E-state index contributed by atoms with van der Waals surface area (Å²) in [4.78, 5) is 12.6. The van der Waals surface area contributed by atoms with Gasteiger partial charge in [0.15, 0.2) is 6.73 Å². The number of ether oxygens (including phenoxy) is 1. The number of aromatic nitrogens is 2. The van der Waals surface area contributed by atoms with Crippen LogP contribution in [0.2, 0.25) is 5.02 Å². The largest absolute Gasteiger partial charge is 0.471 e. The third-order valence-electron chi connectivity index (χ3n) is 5.08. The average Bonchev–Trinajstić information content (AvgIpc) is 3.03. The van der Waals surface area contributed by atoms with Crippen molar-refractivity contribution < 1.29 is 9.53 Å². The van der Waals surface area contributed by atoms with Crippen LogP contribution in [0, 0.1) is 11.8 Å². The van der Waals surface area contributed by atoms with E-state index in [-0.39, 0.29) is 18.7 Å². The first-order valence-corrected chi connectivity index (χ1v) is 9.12. The van der Waals surface area contributed by atoms with E-state index in [2.05, 4.69) is 24.3 Å². The van der Waals surface area contributed by atoms with Crippen molar-refractivity contribution in [3.63, 3.8) is 0 Å². The van der Waals surface area contributed by atoms with Gasteiger partial charge in [0, 0.05) is 17.8 Å². The molecule has 5 nitrogen and oxygen atoms in total. The number of hydrogen-bond acceptors (Lipinski definition) is 3. The van der Waals surface area contributed by atoms with Crippen molar-refractivity contribution in [3.05, 3.63) is 47.2 Å². The lowest BCUT2D eigenvalue weighted by atomic mass is 9.78. The van der Waals surface area contributed by atoms with Crippen LogP contribution in [-0.4, -0.2) is 21.7 Å². The first-order chi connectivity index (χ1) is 12.0. The summed E-state index contributed by atoms with van der Waals surface area (Å²) in [5, 5.41) is 7.81. The molecule has 1 amide bonds. The fourth-order valence-corrected chi connectivity index (χ4v) is 3.47. The van der Waals surface area contributed by atoms with Crippen LogP contribution < -0.4 is 10.1 Å². The molecule has 3 rings (SSSR count). The normalized spacial score (nSPS) is 23.2. The number of benzene rings is 1. The van der Waals surface area contributed by atoms with E-state index in [1.807, 2.05) is 18.2 Å². The molecule has 3 atom stereocenters. The number of amides is 1. The standard InChI is InChI=1S/C19H24ClN3O2/c1-13-5-3-8-18(14(13)2)22-19(24)15-6-4-7-17(9-15)25-12-23-11-16(20)10-21-23/h4,6-7,9-11,13-14,18H,3,5,8,12H2,1-2H3,(H,22,24)/t13-,14+,18-/m1/s1. The maximum absolute atomic E-state index is 12.6. The van der Waals surface area contributed by atoms with E-state index in [0.717, 1.165) is 6.42 Å². The summed E-state index contributed by atoms with van der Waals surface area (Å²) in [5.74, 6) is 1.74. The van der Waals surface area contributed by atoms with E-state index in [1.165, 1.54) is 12.8 Å². The fraction of sp³-hybridized carbons (Fsp3) is 0.474. The first kappa shape index (κ1) is 17.8. The molecule has 0 bridgehead atoms. The second-order valence-electron chi connectivity index (χ2n) is 6.85. The van der Waals surface area contributed by atoms with Crippen molar-refractivity contribution in [1.82, 2.24) is 15.1 Å². The molecule has 1 saturated carbocycles. The zero-order valence-corrected chi connectivity index (χ0v) is 15.4. The third kappa shape index (κ3) is 4.54. The van der Waals surface area contributed by atoms with Crippen LogP contribution >= 0.6 is 11.6 Å². The van der Waals surface area contributed by atoms with Crippen LogP contribution in [0.1, 0.15) is 43.5 Å². The molecule has 6 heteroatoms. The molecule has 0 spiro atoms. The maximum atomic E-state index is 12.6. The summed E-state index contributed by atoms with van der Waals surface area (Å²) < 4.78 is 7.28. The van der Waals surface area contributed by atoms with Gasteiger partial charge >= 0.3 is 0 Å². The average molecular weight is 362 g/mol. The van der Waals surface area contributed by atoms with Crippen molar-refractivity contribution in [2.75, 3.05) is 0 Å². The molecule has 1 heterocycles. The Morgan fingerprint density at radius 2 is 2.24 bits per heavy atom. The highest BCUT2D eigenvalue weighted by Gasteiger charge is 2.28. The minimum Gasteiger partial charge on any atom is -0.471 e. The number of nitrogens with zero attached hydrogens (tertiary/aromatic N) is 2. The Labute approximate surface area is 153 Å². The number of carbonyl (C=O) groups is 1. The van der Waals surface area contributed by atoms with E-state index >= 15 is 0 Å². The molecule has 25 heavy (non-hydrogen) atoms. The lowest BCUT2D eigenvalue weighted by Gasteiger charge is -2.34. The SMILES string of the molecule is C[C@H]1[C@H](C)CCC[C@H]1NC(=O)c1cccc(OCn2cc(Cl)cn2)c1. The van der Waals surface area contributed by atoms with Gasteiger partial charge in [0.2, 0.25) is 0 Å². The molecule has 1 aromatic heterocycles. The number of carbonyl (C=O) groups excluding carboxylic acids is 1. The molecular weight excluding hydrogens is 338 g/mol. The van der Waals surface area contributed by atoms with E-state index in [1.54, 1.807) is 23.1 Å². The molecule has 0 aliphatic heterocycles. The van der Waals surface area contributed by atoms with E-state index < -0.39 is 0 Å². The molecule has 1 N–H and O–H groups in total. The minimum atomic E-state index is -0.0430. The maximum Gasteiger partial charge on any atom is 0.251 e. The van der Waals surface area contributed by atoms with Crippen LogP contribution in [-0.2, 0) is 6.73 Å². The smallest absolute Gasteiger partial charge is 0.251 e. The molecule has 1 aliphatic rings. The predicted octanol–water partition coefficient (Wildman–Crippen LogP) is 4.13. The van der Waals surface area contributed by atoms with Crippen molar-refractivity contribution in [2.24, 2.45) is 11.8 Å². The van der Waals surface area contributed by atoms with Gasteiger partial charge in [-0.05, 0) is 36.5 Å². The topological polar surface area (TPSA) is 56.1 Å². The molecule has 0 unspecified atom stereocenters. The Balaban J connectivity index is 1.61. The van der Waals surface area contributed by atoms with Gasteiger partial charge in [0.1, 0.15) is 5.75 Å². The van der Waals surface area contributed by atoms with E-state index in [9.17, 15) is 4.79 Å². The molecule has 0 saturated heterocycles. The van der Waals surface area contributed by atoms with Crippen LogP contribution in [0.15, 0.2) is 36.7 Å². The summed E-state index contributed by atoms with van der Waals surface area (Å²) in [5.41, 5.74) is 0.612. The molecule has 134 valence electrons. The van der Waals surface area contributed by atoms with Gasteiger partial charge in [0.25, 0.3) is 5.91 Å². The molecule has 1 aromatic carbocycles. The van der Waals surface area contributed by atoms with Gasteiger partial charge in [-0.15, -0.1) is 0 Å². The molecular formula is C19H24ClN3O2. The van der Waals surface area contributed by atoms with E-state index in [4.69, 9.17) is 16.3 Å². The predicted molar refractivity (Wildman–Crippen MR) is 97.7 cm³/mol. The lowest BCUT2D eigenvalue weighted by molar-refractivity contribution is 0.0890. The summed E-state index contributed by atoms with van der Waals surface area (Å²) in [6.07, 6.45) is 6.71. The Hall–Kier alpha value is -2.01. The van der Waals surface area contributed by atoms with Crippen molar-refractivity contribution in [1.29, 1.82) is 0 Å². The van der Waals surface area contributed by atoms with Gasteiger partial charge in [-0.25, -0.2) is 4.68 Å². The monoisotopic (exact) mass is 361 g/mol. The second kappa shape index (κ2) is 7.91. The highest BCUT2D eigenvalue weighted by Crippen LogP contribution is 2.29. The fourth-order valence-electron chi connectivity index (χ4n) is 3.31. The van der Waals surface area contributed by atoms with Crippen LogP contribution in [0.3, 0.4) is 0 Å². The van der Waals surface area contributed by atoms with Crippen molar-refractivity contribution >= 4 is 17.5 Å². The number of hydrogen-bond donors (Lipinski definition) is 1. The van der Waals surface area contributed by atoms with Crippen LogP contribution in [0.25, 0.3) is 0 Å². The third-order valence-corrected chi connectivity index (χ3v) is 5.28. The quantitative estimate of drug-likeness (QED) is 0.871. The molecule has 0 radical (unpaired) electrons. The zero-order valence-electron chi connectivity index (χ0n) is 14.6. The number of halogens is 1. The van der Waals surface area contributed by atoms with Crippen molar-refractivity contribution in [2.45, 2.75) is 45.9 Å². The summed E-state index contributed by atoms with van der Waals surface area (Å²) in [6.45, 7) is 4.73. The van der Waals surface area contributed by atoms with Gasteiger partial charge in [0.05, 0.1) is 11.2 Å². The van der Waals surface area contributed by atoms with E-state index in [0.29, 0.717) is 28.2 Å². The zero-order chi connectivity index (χ0) is 17.8. The van der Waals surface area contributed by atoms with Gasteiger partial charge in [-0.1, -0.05) is 44.4 Å². The Morgan fingerprint density at radius 1 is 1.40 bits per heavy atom. The lowest BCUT2D eigenvalue weighted by Crippen LogP contribution is -2.43. The Morgan fingerprint density at radius 3 is 3.00 bits per heavy atom. The summed E-state index contributed by atoms with van der Waals surface area (Å²) >= 11 is 5.83. The summed E-state index contributed by atoms with van der Waals surface area (Å²) in [6, 6.07) is 7.47. The van der Waals surface area contributed by atoms with Gasteiger partial charge < -0.3 is 10.1 Å². The summed E-state index contributed by atoms with van der Waals surface area (Å²) in [7, 11) is 0. The van der Waals surface area contributed by atoms with Gasteiger partial charge in [-0.2, -0.15) is 5.10 Å². The highest BCUT2D eigenvalue weighted by atomic mass is 35.5. The minimum absolute atomic E-state index is 0.0430.